The molecule has 1 N–H and O–H groups in total. The number of amides is 1. The maximum Gasteiger partial charge on any atom is 0.408 e. The van der Waals surface area contributed by atoms with Crippen molar-refractivity contribution >= 4 is 6.09 Å². The highest BCUT2D eigenvalue weighted by molar-refractivity contribution is 5.68. The van der Waals surface area contributed by atoms with E-state index in [9.17, 15) is 4.79 Å². The molecule has 3 aliphatic carbocycles. The van der Waals surface area contributed by atoms with Gasteiger partial charge in [0.25, 0.3) is 0 Å². The van der Waals surface area contributed by atoms with Gasteiger partial charge in [-0.2, -0.15) is 5.26 Å². The molecular formula is C15H24N2O2. The van der Waals surface area contributed by atoms with Crippen molar-refractivity contribution in [3.05, 3.63) is 0 Å². The van der Waals surface area contributed by atoms with Gasteiger partial charge in [-0.25, -0.2) is 4.79 Å². The minimum atomic E-state index is -0.450. The predicted octanol–water partition coefficient (Wildman–Crippen LogP) is 3.52. The van der Waals surface area contributed by atoms with Gasteiger partial charge in [0.05, 0.1) is 6.07 Å². The summed E-state index contributed by atoms with van der Waals surface area (Å²) < 4.78 is 5.35. The SMILES string of the molecule is CC(C)(C)OC(=O)NC12CCC(CC#N)(CC1)CC2. The molecule has 3 saturated carbocycles. The van der Waals surface area contributed by atoms with Gasteiger partial charge >= 0.3 is 6.09 Å². The van der Waals surface area contributed by atoms with Crippen molar-refractivity contribution in [2.45, 2.75) is 76.9 Å². The number of hydrogen-bond donors (Lipinski definition) is 1. The highest BCUT2D eigenvalue weighted by atomic mass is 16.6. The van der Waals surface area contributed by atoms with E-state index in [4.69, 9.17) is 10.00 Å². The number of nitrogens with one attached hydrogen (secondary N) is 1. The smallest absolute Gasteiger partial charge is 0.408 e. The van der Waals surface area contributed by atoms with Crippen molar-refractivity contribution in [3.8, 4) is 6.07 Å². The van der Waals surface area contributed by atoms with Gasteiger partial charge in [0.15, 0.2) is 0 Å². The monoisotopic (exact) mass is 264 g/mol. The predicted molar refractivity (Wildman–Crippen MR) is 72.5 cm³/mol. The number of hydrogen-bond acceptors (Lipinski definition) is 3. The van der Waals surface area contributed by atoms with Crippen molar-refractivity contribution in [3.63, 3.8) is 0 Å². The molecule has 0 radical (unpaired) electrons. The average molecular weight is 264 g/mol. The Balaban J connectivity index is 1.94. The second-order valence-electron chi connectivity index (χ2n) is 7.24. The Labute approximate surface area is 115 Å². The second-order valence-corrected chi connectivity index (χ2v) is 7.24. The van der Waals surface area contributed by atoms with Gasteiger partial charge in [-0.1, -0.05) is 0 Å². The molecule has 3 rings (SSSR count). The molecule has 0 aromatic rings. The fourth-order valence-electron chi connectivity index (χ4n) is 3.40. The minimum absolute atomic E-state index is 0.0838. The van der Waals surface area contributed by atoms with Gasteiger partial charge < -0.3 is 10.1 Å². The van der Waals surface area contributed by atoms with E-state index >= 15 is 0 Å². The molecule has 0 heterocycles. The highest BCUT2D eigenvalue weighted by Crippen LogP contribution is 2.53. The standard InChI is InChI=1S/C15H24N2O2/c1-13(2,3)19-12(18)17-15-7-4-14(5-8-15,6-9-15)10-11-16/h4-10H2,1-3H3,(H,17,18). The number of nitriles is 1. The third-order valence-corrected chi connectivity index (χ3v) is 4.62. The van der Waals surface area contributed by atoms with Crippen LogP contribution in [-0.2, 0) is 4.74 Å². The molecule has 0 saturated heterocycles. The second kappa shape index (κ2) is 4.70. The van der Waals surface area contributed by atoms with Crippen LogP contribution in [0.3, 0.4) is 0 Å². The maximum absolute atomic E-state index is 11.9. The number of carbonyl (C=O) groups is 1. The van der Waals surface area contributed by atoms with Gasteiger partial charge in [0, 0.05) is 12.0 Å². The van der Waals surface area contributed by atoms with E-state index in [1.54, 1.807) is 0 Å². The average Bonchev–Trinajstić information content (AvgIpc) is 2.29. The Hall–Kier alpha value is -1.24. The molecule has 1 amide bonds. The lowest BCUT2D eigenvalue weighted by Gasteiger charge is -2.52. The highest BCUT2D eigenvalue weighted by Gasteiger charge is 2.49. The van der Waals surface area contributed by atoms with Gasteiger partial charge in [0.1, 0.15) is 5.60 Å². The van der Waals surface area contributed by atoms with E-state index in [1.165, 1.54) is 0 Å². The van der Waals surface area contributed by atoms with Gasteiger partial charge in [-0.05, 0) is 64.7 Å². The van der Waals surface area contributed by atoms with Crippen LogP contribution in [0, 0.1) is 16.7 Å². The Kier molecular flexibility index (Phi) is 3.51. The third kappa shape index (κ3) is 3.20. The lowest BCUT2D eigenvalue weighted by Crippen LogP contribution is -2.57. The molecular weight excluding hydrogens is 240 g/mol. The van der Waals surface area contributed by atoms with E-state index < -0.39 is 5.60 Å². The summed E-state index contributed by atoms with van der Waals surface area (Å²) >= 11 is 0. The van der Waals surface area contributed by atoms with Crippen LogP contribution >= 0.6 is 0 Å². The fraction of sp³-hybridized carbons (Fsp3) is 0.867. The van der Waals surface area contributed by atoms with Crippen LogP contribution in [0.5, 0.6) is 0 Å². The van der Waals surface area contributed by atoms with Gasteiger partial charge in [-0.3, -0.25) is 0 Å². The summed E-state index contributed by atoms with van der Waals surface area (Å²) in [7, 11) is 0. The summed E-state index contributed by atoms with van der Waals surface area (Å²) in [6, 6.07) is 2.33. The Morgan fingerprint density at radius 1 is 1.21 bits per heavy atom. The molecule has 106 valence electrons. The van der Waals surface area contributed by atoms with Crippen molar-refractivity contribution in [2.75, 3.05) is 0 Å². The summed E-state index contributed by atoms with van der Waals surface area (Å²) in [5, 5.41) is 12.0. The zero-order chi connectivity index (χ0) is 14.1. The Morgan fingerprint density at radius 2 is 1.74 bits per heavy atom. The summed E-state index contributed by atoms with van der Waals surface area (Å²) in [5.41, 5.74) is -0.305. The van der Waals surface area contributed by atoms with Crippen molar-refractivity contribution in [1.82, 2.24) is 5.32 Å². The normalized spacial score (nSPS) is 33.6. The Morgan fingerprint density at radius 3 is 2.16 bits per heavy atom. The van der Waals surface area contributed by atoms with Crippen LogP contribution in [0.1, 0.15) is 65.7 Å². The summed E-state index contributed by atoms with van der Waals surface area (Å²) in [6.07, 6.45) is 6.45. The third-order valence-electron chi connectivity index (χ3n) is 4.62. The van der Waals surface area contributed by atoms with Gasteiger partial charge in [-0.15, -0.1) is 0 Å². The zero-order valence-corrected chi connectivity index (χ0v) is 12.2. The maximum atomic E-state index is 11.9. The molecule has 0 aromatic carbocycles. The van der Waals surface area contributed by atoms with E-state index in [0.717, 1.165) is 38.5 Å². The summed E-state index contributed by atoms with van der Waals surface area (Å²) in [6.45, 7) is 5.64. The summed E-state index contributed by atoms with van der Waals surface area (Å²) in [5.74, 6) is 0. The van der Waals surface area contributed by atoms with Crippen molar-refractivity contribution in [2.24, 2.45) is 5.41 Å². The number of ether oxygens (including phenoxy) is 1. The summed E-state index contributed by atoms with van der Waals surface area (Å²) in [4.78, 5) is 11.9. The first-order valence-corrected chi connectivity index (χ1v) is 7.16. The zero-order valence-electron chi connectivity index (χ0n) is 12.2. The van der Waals surface area contributed by atoms with Crippen molar-refractivity contribution in [1.29, 1.82) is 5.26 Å². The van der Waals surface area contributed by atoms with E-state index in [-0.39, 0.29) is 17.0 Å². The molecule has 0 aliphatic heterocycles. The molecule has 0 unspecified atom stereocenters. The topological polar surface area (TPSA) is 62.1 Å². The van der Waals surface area contributed by atoms with Crippen LogP contribution in [0.2, 0.25) is 0 Å². The number of nitrogens with zero attached hydrogens (tertiary/aromatic N) is 1. The number of fused-ring (bicyclic) bond motifs is 3. The molecule has 4 heteroatoms. The first kappa shape index (κ1) is 14.2. The minimum Gasteiger partial charge on any atom is -0.444 e. The lowest BCUT2D eigenvalue weighted by molar-refractivity contribution is 0.00625. The van der Waals surface area contributed by atoms with Crippen LogP contribution in [0.4, 0.5) is 4.79 Å². The molecule has 0 spiro atoms. The number of rotatable bonds is 2. The molecule has 2 bridgehead atoms. The molecule has 3 fully saturated rings. The van der Waals surface area contributed by atoms with Gasteiger partial charge in [0.2, 0.25) is 0 Å². The van der Waals surface area contributed by atoms with E-state index in [2.05, 4.69) is 11.4 Å². The number of alkyl carbamates (subject to hydrolysis) is 1. The van der Waals surface area contributed by atoms with E-state index in [1.807, 2.05) is 20.8 Å². The van der Waals surface area contributed by atoms with E-state index in [0.29, 0.717) is 6.42 Å². The molecule has 0 atom stereocenters. The van der Waals surface area contributed by atoms with Crippen LogP contribution in [0.15, 0.2) is 0 Å². The molecule has 4 nitrogen and oxygen atoms in total. The molecule has 19 heavy (non-hydrogen) atoms. The molecule has 3 aliphatic rings. The quantitative estimate of drug-likeness (QED) is 0.830. The van der Waals surface area contributed by atoms with Crippen LogP contribution < -0.4 is 5.32 Å². The van der Waals surface area contributed by atoms with Crippen LogP contribution in [-0.4, -0.2) is 17.2 Å². The lowest BCUT2D eigenvalue weighted by atomic mass is 9.56. The van der Waals surface area contributed by atoms with Crippen molar-refractivity contribution < 1.29 is 9.53 Å². The first-order chi connectivity index (χ1) is 8.78. The Bertz CT molecular complexity index is 379. The number of carbonyl (C=O) groups excluding carboxylic acids is 1. The molecule has 0 aromatic heterocycles. The fourth-order valence-corrected chi connectivity index (χ4v) is 3.40. The largest absolute Gasteiger partial charge is 0.444 e. The van der Waals surface area contributed by atoms with Crippen LogP contribution in [0.25, 0.3) is 0 Å². The first-order valence-electron chi connectivity index (χ1n) is 7.16.